The van der Waals surface area contributed by atoms with Gasteiger partial charge in [-0.2, -0.15) is 0 Å². The first-order valence-electron chi connectivity index (χ1n) is 10.5. The number of hydrogen-bond donors (Lipinski definition) is 1. The van der Waals surface area contributed by atoms with Crippen molar-refractivity contribution >= 4 is 21.6 Å². The molecule has 1 amide bonds. The highest BCUT2D eigenvalue weighted by molar-refractivity contribution is 7.90. The smallest absolute Gasteiger partial charge is 0.267 e. The van der Waals surface area contributed by atoms with Crippen LogP contribution in [0.2, 0.25) is 0 Å². The van der Waals surface area contributed by atoms with Crippen molar-refractivity contribution in [1.82, 2.24) is 3.97 Å². The largest absolute Gasteiger partial charge is 0.322 e. The maximum absolute atomic E-state index is 13.0. The summed E-state index contributed by atoms with van der Waals surface area (Å²) in [7, 11) is -3.77. The van der Waals surface area contributed by atoms with Crippen LogP contribution in [0.1, 0.15) is 68.4 Å². The Kier molecular flexibility index (Phi) is 6.41. The minimum atomic E-state index is -3.77. The summed E-state index contributed by atoms with van der Waals surface area (Å²) in [5, 5.41) is 2.82. The Morgan fingerprint density at radius 2 is 1.61 bits per heavy atom. The molecule has 6 heteroatoms. The van der Waals surface area contributed by atoms with Gasteiger partial charge in [-0.1, -0.05) is 58.9 Å². The third-order valence-corrected chi connectivity index (χ3v) is 7.23. The highest BCUT2D eigenvalue weighted by Gasteiger charge is 2.20. The Hall–Kier alpha value is -2.86. The van der Waals surface area contributed by atoms with Crippen molar-refractivity contribution in [3.8, 4) is 0 Å². The van der Waals surface area contributed by atoms with Crippen molar-refractivity contribution < 1.29 is 13.2 Å². The second-order valence-electron chi connectivity index (χ2n) is 8.89. The number of hydrogen-bond acceptors (Lipinski definition) is 3. The minimum Gasteiger partial charge on any atom is -0.322 e. The van der Waals surface area contributed by atoms with Gasteiger partial charge in [0.1, 0.15) is 0 Å². The van der Waals surface area contributed by atoms with E-state index in [0.717, 1.165) is 16.0 Å². The summed E-state index contributed by atoms with van der Waals surface area (Å²) in [6.07, 6.45) is 3.79. The summed E-state index contributed by atoms with van der Waals surface area (Å²) in [6.45, 7) is 10.5. The van der Waals surface area contributed by atoms with Crippen molar-refractivity contribution in [3.05, 3.63) is 83.7 Å². The molecular formula is C25H30N2O3S. The van der Waals surface area contributed by atoms with Gasteiger partial charge in [-0.25, -0.2) is 12.4 Å². The van der Waals surface area contributed by atoms with E-state index in [4.69, 9.17) is 0 Å². The summed E-state index contributed by atoms with van der Waals surface area (Å²) < 4.78 is 27.0. The lowest BCUT2D eigenvalue weighted by atomic mass is 9.87. The fourth-order valence-corrected chi connectivity index (χ4v) is 4.44. The molecular weight excluding hydrogens is 408 g/mol. The number of carbonyl (C=O) groups is 1. The van der Waals surface area contributed by atoms with Gasteiger partial charge in [-0.3, -0.25) is 4.79 Å². The summed E-state index contributed by atoms with van der Waals surface area (Å²) in [5.41, 5.74) is 3.16. The van der Waals surface area contributed by atoms with Crippen molar-refractivity contribution in [2.45, 2.75) is 57.3 Å². The Morgan fingerprint density at radius 3 is 2.16 bits per heavy atom. The van der Waals surface area contributed by atoms with Crippen molar-refractivity contribution in [2.75, 3.05) is 5.32 Å². The average Bonchev–Trinajstić information content (AvgIpc) is 3.24. The molecule has 1 atom stereocenters. The predicted molar refractivity (Wildman–Crippen MR) is 125 cm³/mol. The van der Waals surface area contributed by atoms with E-state index in [-0.39, 0.29) is 21.8 Å². The van der Waals surface area contributed by atoms with E-state index in [1.165, 1.54) is 24.0 Å². The van der Waals surface area contributed by atoms with Crippen LogP contribution in [0.15, 0.2) is 71.9 Å². The molecule has 1 heterocycles. The van der Waals surface area contributed by atoms with Crippen LogP contribution in [-0.4, -0.2) is 18.3 Å². The molecule has 0 saturated carbocycles. The number of aromatic nitrogens is 1. The first-order chi connectivity index (χ1) is 14.5. The molecule has 0 aliphatic rings. The summed E-state index contributed by atoms with van der Waals surface area (Å²) in [5.74, 6) is 0.106. The summed E-state index contributed by atoms with van der Waals surface area (Å²) in [4.78, 5) is 12.8. The van der Waals surface area contributed by atoms with Crippen LogP contribution in [0, 0.1) is 0 Å². The highest BCUT2D eigenvalue weighted by atomic mass is 32.2. The second kappa shape index (κ2) is 8.71. The van der Waals surface area contributed by atoms with E-state index in [0.29, 0.717) is 11.6 Å². The lowest BCUT2D eigenvalue weighted by Crippen LogP contribution is -2.14. The average molecular weight is 439 g/mol. The van der Waals surface area contributed by atoms with Gasteiger partial charge >= 0.3 is 0 Å². The zero-order chi connectivity index (χ0) is 22.8. The maximum Gasteiger partial charge on any atom is 0.267 e. The quantitative estimate of drug-likeness (QED) is 0.530. The van der Waals surface area contributed by atoms with E-state index in [2.05, 4.69) is 39.9 Å². The molecule has 3 rings (SSSR count). The molecule has 0 radical (unpaired) electrons. The molecule has 0 fully saturated rings. The minimum absolute atomic E-state index is 0.0617. The standard InChI is InChI=1S/C25H30N2O3S/c1-6-18(2)19-7-11-22(12-8-19)26-24(28)20-15-16-27(17-20)31(29,30)23-13-9-21(10-14-23)25(3,4)5/h7-18H,6H2,1-5H3,(H,26,28). The summed E-state index contributed by atoms with van der Waals surface area (Å²) >= 11 is 0. The molecule has 0 aliphatic heterocycles. The van der Waals surface area contributed by atoms with Gasteiger partial charge in [0.2, 0.25) is 0 Å². The number of benzene rings is 2. The fourth-order valence-electron chi connectivity index (χ4n) is 3.24. The normalized spacial score (nSPS) is 13.1. The highest BCUT2D eigenvalue weighted by Crippen LogP contribution is 2.25. The van der Waals surface area contributed by atoms with Crippen molar-refractivity contribution in [3.63, 3.8) is 0 Å². The van der Waals surface area contributed by atoms with Crippen LogP contribution in [0.4, 0.5) is 5.69 Å². The molecule has 3 aromatic rings. The first kappa shape index (κ1) is 22.8. The predicted octanol–water partition coefficient (Wildman–Crippen LogP) is 5.79. The van der Waals surface area contributed by atoms with Crippen LogP contribution in [0.5, 0.6) is 0 Å². The van der Waals surface area contributed by atoms with E-state index in [1.54, 1.807) is 12.1 Å². The number of nitrogens with zero attached hydrogens (tertiary/aromatic N) is 1. The van der Waals surface area contributed by atoms with E-state index < -0.39 is 10.0 Å². The van der Waals surface area contributed by atoms with Gasteiger partial charge in [0.05, 0.1) is 10.5 Å². The lowest BCUT2D eigenvalue weighted by molar-refractivity contribution is 0.102. The van der Waals surface area contributed by atoms with Gasteiger partial charge in [0.15, 0.2) is 0 Å². The van der Waals surface area contributed by atoms with E-state index in [1.807, 2.05) is 36.4 Å². The molecule has 1 N–H and O–H groups in total. The maximum atomic E-state index is 13.0. The molecule has 31 heavy (non-hydrogen) atoms. The lowest BCUT2D eigenvalue weighted by Gasteiger charge is -2.19. The van der Waals surface area contributed by atoms with Crippen LogP contribution in [0.25, 0.3) is 0 Å². The first-order valence-corrected chi connectivity index (χ1v) is 11.9. The molecule has 1 aromatic heterocycles. The number of rotatable bonds is 6. The van der Waals surface area contributed by atoms with Gasteiger partial charge < -0.3 is 5.32 Å². The van der Waals surface area contributed by atoms with Crippen LogP contribution in [-0.2, 0) is 15.4 Å². The van der Waals surface area contributed by atoms with Crippen LogP contribution < -0.4 is 5.32 Å². The van der Waals surface area contributed by atoms with Crippen LogP contribution in [0.3, 0.4) is 0 Å². The van der Waals surface area contributed by atoms with Crippen molar-refractivity contribution in [1.29, 1.82) is 0 Å². The van der Waals surface area contributed by atoms with Gasteiger partial charge in [-0.15, -0.1) is 0 Å². The zero-order valence-electron chi connectivity index (χ0n) is 18.7. The number of carbonyl (C=O) groups excluding carboxylic acids is 1. The molecule has 5 nitrogen and oxygen atoms in total. The Balaban J connectivity index is 1.76. The van der Waals surface area contributed by atoms with Crippen molar-refractivity contribution in [2.24, 2.45) is 0 Å². The van der Waals surface area contributed by atoms with Gasteiger partial charge in [0, 0.05) is 18.1 Å². The molecule has 0 saturated heterocycles. The number of nitrogens with one attached hydrogen (secondary N) is 1. The second-order valence-corrected chi connectivity index (χ2v) is 10.7. The van der Waals surface area contributed by atoms with Gasteiger partial charge in [-0.05, 0) is 59.2 Å². The molecule has 164 valence electrons. The molecule has 2 aromatic carbocycles. The SMILES string of the molecule is CCC(C)c1ccc(NC(=O)c2ccn(S(=O)(=O)c3ccc(C(C)(C)C)cc3)c2)cc1. The Morgan fingerprint density at radius 1 is 1.00 bits per heavy atom. The molecule has 0 spiro atoms. The number of amides is 1. The Bertz CT molecular complexity index is 1150. The van der Waals surface area contributed by atoms with E-state index in [9.17, 15) is 13.2 Å². The molecule has 0 bridgehead atoms. The fraction of sp³-hybridized carbons (Fsp3) is 0.320. The van der Waals surface area contributed by atoms with E-state index >= 15 is 0 Å². The molecule has 0 aliphatic carbocycles. The zero-order valence-corrected chi connectivity index (χ0v) is 19.5. The third-order valence-electron chi connectivity index (χ3n) is 5.58. The topological polar surface area (TPSA) is 68.2 Å². The number of anilines is 1. The Labute approximate surface area is 185 Å². The van der Waals surface area contributed by atoms with Crippen LogP contribution >= 0.6 is 0 Å². The monoisotopic (exact) mass is 438 g/mol. The molecule has 1 unspecified atom stereocenters. The third kappa shape index (κ3) is 5.07. The summed E-state index contributed by atoms with van der Waals surface area (Å²) in [6, 6.07) is 16.1. The van der Waals surface area contributed by atoms with Gasteiger partial charge in [0.25, 0.3) is 15.9 Å².